The average Bonchev–Trinajstić information content (AvgIpc) is 2.77. The molecule has 2 nitrogen and oxygen atoms in total. The van der Waals surface area contributed by atoms with Crippen LogP contribution in [0.4, 0.5) is 0 Å². The molecule has 2 heteroatoms. The Bertz CT molecular complexity index is 377. The number of rotatable bonds is 5. The van der Waals surface area contributed by atoms with Gasteiger partial charge in [0.25, 0.3) is 0 Å². The molecule has 1 aliphatic heterocycles. The number of benzene rings is 1. The van der Waals surface area contributed by atoms with E-state index in [-0.39, 0.29) is 0 Å². The molecule has 1 aromatic carbocycles. The van der Waals surface area contributed by atoms with Crippen molar-refractivity contribution in [2.45, 2.75) is 52.0 Å². The molecule has 1 N–H and O–H groups in total. The van der Waals surface area contributed by atoms with E-state index in [0.717, 1.165) is 6.54 Å². The normalized spacial score (nSPS) is 20.4. The van der Waals surface area contributed by atoms with Crippen molar-refractivity contribution in [2.75, 3.05) is 26.2 Å². The highest BCUT2D eigenvalue weighted by Crippen LogP contribution is 2.27. The summed E-state index contributed by atoms with van der Waals surface area (Å²) in [5, 5.41) is 3.50. The molecule has 0 aliphatic carbocycles. The van der Waals surface area contributed by atoms with Crippen LogP contribution in [0.25, 0.3) is 0 Å². The van der Waals surface area contributed by atoms with Crippen LogP contribution in [-0.2, 0) is 0 Å². The van der Waals surface area contributed by atoms with Crippen molar-refractivity contribution >= 4 is 0 Å². The maximum Gasteiger partial charge on any atom is 0.0346 e. The minimum absolute atomic E-state index is 0.584. The van der Waals surface area contributed by atoms with Gasteiger partial charge in [-0.25, -0.2) is 0 Å². The number of hydrogen-bond acceptors (Lipinski definition) is 2. The van der Waals surface area contributed by atoms with Gasteiger partial charge in [-0.2, -0.15) is 0 Å². The zero-order chi connectivity index (χ0) is 14.4. The van der Waals surface area contributed by atoms with Crippen molar-refractivity contribution in [1.82, 2.24) is 10.2 Å². The average molecular weight is 274 g/mol. The molecule has 2 atom stereocenters. The van der Waals surface area contributed by atoms with Crippen molar-refractivity contribution in [2.24, 2.45) is 0 Å². The molecular weight excluding hydrogens is 244 g/mol. The van der Waals surface area contributed by atoms with Gasteiger partial charge < -0.3 is 5.32 Å². The first-order chi connectivity index (χ1) is 9.76. The van der Waals surface area contributed by atoms with Crippen LogP contribution >= 0.6 is 0 Å². The Balaban J connectivity index is 2.10. The van der Waals surface area contributed by atoms with Crippen molar-refractivity contribution in [3.63, 3.8) is 0 Å². The Labute approximate surface area is 124 Å². The second-order valence-electron chi connectivity index (χ2n) is 6.04. The van der Waals surface area contributed by atoms with Gasteiger partial charge in [-0.05, 0) is 42.9 Å². The molecule has 0 saturated carbocycles. The first kappa shape index (κ1) is 15.5. The Kier molecular flexibility index (Phi) is 6.06. The molecule has 2 unspecified atom stereocenters. The fourth-order valence-electron chi connectivity index (χ4n) is 3.17. The molecule has 0 spiro atoms. The van der Waals surface area contributed by atoms with Crippen LogP contribution < -0.4 is 5.32 Å². The quantitative estimate of drug-likeness (QED) is 0.874. The molecule has 1 saturated heterocycles. The maximum atomic E-state index is 3.50. The summed E-state index contributed by atoms with van der Waals surface area (Å²) in [5.41, 5.74) is 2.96. The van der Waals surface area contributed by atoms with Crippen molar-refractivity contribution < 1.29 is 0 Å². The fraction of sp³-hybridized carbons (Fsp3) is 0.667. The smallest absolute Gasteiger partial charge is 0.0346 e. The first-order valence-corrected chi connectivity index (χ1v) is 8.30. The van der Waals surface area contributed by atoms with Gasteiger partial charge in [-0.3, -0.25) is 4.90 Å². The molecule has 1 fully saturated rings. The fourth-order valence-corrected chi connectivity index (χ4v) is 3.17. The van der Waals surface area contributed by atoms with E-state index >= 15 is 0 Å². The lowest BCUT2D eigenvalue weighted by Crippen LogP contribution is -2.32. The van der Waals surface area contributed by atoms with Gasteiger partial charge in [0.05, 0.1) is 0 Å². The maximum absolute atomic E-state index is 3.50. The zero-order valence-electron chi connectivity index (χ0n) is 13.4. The van der Waals surface area contributed by atoms with Gasteiger partial charge in [0, 0.05) is 25.7 Å². The van der Waals surface area contributed by atoms with E-state index < -0.39 is 0 Å². The van der Waals surface area contributed by atoms with Gasteiger partial charge in [0.15, 0.2) is 0 Å². The van der Waals surface area contributed by atoms with E-state index in [9.17, 15) is 0 Å². The van der Waals surface area contributed by atoms with Crippen LogP contribution in [0.2, 0.25) is 0 Å². The molecule has 1 aliphatic rings. The van der Waals surface area contributed by atoms with E-state index in [1.54, 1.807) is 0 Å². The molecule has 0 amide bonds. The van der Waals surface area contributed by atoms with E-state index in [4.69, 9.17) is 0 Å². The van der Waals surface area contributed by atoms with Crippen molar-refractivity contribution in [3.05, 3.63) is 35.4 Å². The summed E-state index contributed by atoms with van der Waals surface area (Å²) >= 11 is 0. The van der Waals surface area contributed by atoms with Gasteiger partial charge >= 0.3 is 0 Å². The zero-order valence-corrected chi connectivity index (χ0v) is 13.4. The molecule has 20 heavy (non-hydrogen) atoms. The van der Waals surface area contributed by atoms with Crippen LogP contribution in [0, 0.1) is 0 Å². The Morgan fingerprint density at radius 1 is 1.00 bits per heavy atom. The van der Waals surface area contributed by atoms with Crippen LogP contribution in [0.3, 0.4) is 0 Å². The minimum Gasteiger partial charge on any atom is -0.315 e. The molecular formula is C18H30N2. The SMILES string of the molecule is CCC(C)c1ccc(C(CC)N2CCCNCC2)cc1. The molecule has 112 valence electrons. The van der Waals surface area contributed by atoms with E-state index in [1.807, 2.05) is 0 Å². The molecule has 0 bridgehead atoms. The summed E-state index contributed by atoms with van der Waals surface area (Å²) in [5.74, 6) is 0.673. The molecule has 1 heterocycles. The highest BCUT2D eigenvalue weighted by atomic mass is 15.2. The largest absolute Gasteiger partial charge is 0.315 e. The second-order valence-corrected chi connectivity index (χ2v) is 6.04. The van der Waals surface area contributed by atoms with Crippen molar-refractivity contribution in [3.8, 4) is 0 Å². The first-order valence-electron chi connectivity index (χ1n) is 8.30. The highest BCUT2D eigenvalue weighted by molar-refractivity contribution is 5.27. The van der Waals surface area contributed by atoms with Crippen LogP contribution in [-0.4, -0.2) is 31.1 Å². The standard InChI is InChI=1S/C18H30N2/c1-4-15(3)16-7-9-17(10-8-16)18(5-2)20-13-6-11-19-12-14-20/h7-10,15,18-19H,4-6,11-14H2,1-3H3. The topological polar surface area (TPSA) is 15.3 Å². The van der Waals surface area contributed by atoms with Crippen LogP contribution in [0.5, 0.6) is 0 Å². The van der Waals surface area contributed by atoms with Gasteiger partial charge in [-0.1, -0.05) is 45.0 Å². The van der Waals surface area contributed by atoms with Crippen molar-refractivity contribution in [1.29, 1.82) is 0 Å². The van der Waals surface area contributed by atoms with E-state index in [2.05, 4.69) is 55.3 Å². The summed E-state index contributed by atoms with van der Waals surface area (Å²) in [4.78, 5) is 2.65. The van der Waals surface area contributed by atoms with Gasteiger partial charge in [-0.15, -0.1) is 0 Å². The highest BCUT2D eigenvalue weighted by Gasteiger charge is 2.19. The third kappa shape index (κ3) is 3.83. The Morgan fingerprint density at radius 2 is 1.70 bits per heavy atom. The number of hydrogen-bond donors (Lipinski definition) is 1. The van der Waals surface area contributed by atoms with Gasteiger partial charge in [0.1, 0.15) is 0 Å². The summed E-state index contributed by atoms with van der Waals surface area (Å²) in [7, 11) is 0. The summed E-state index contributed by atoms with van der Waals surface area (Å²) in [6.45, 7) is 11.6. The number of nitrogens with zero attached hydrogens (tertiary/aromatic N) is 1. The number of nitrogens with one attached hydrogen (secondary N) is 1. The third-order valence-electron chi connectivity index (χ3n) is 4.70. The molecule has 0 radical (unpaired) electrons. The lowest BCUT2D eigenvalue weighted by molar-refractivity contribution is 0.205. The molecule has 1 aromatic rings. The predicted octanol–water partition coefficient (Wildman–Crippen LogP) is 3.95. The van der Waals surface area contributed by atoms with Crippen LogP contribution in [0.1, 0.15) is 63.1 Å². The van der Waals surface area contributed by atoms with Crippen LogP contribution in [0.15, 0.2) is 24.3 Å². The molecule has 0 aromatic heterocycles. The summed E-state index contributed by atoms with van der Waals surface area (Å²) < 4.78 is 0. The van der Waals surface area contributed by atoms with Gasteiger partial charge in [0.2, 0.25) is 0 Å². The van der Waals surface area contributed by atoms with E-state index in [0.29, 0.717) is 12.0 Å². The van der Waals surface area contributed by atoms with E-state index in [1.165, 1.54) is 50.0 Å². The molecule has 2 rings (SSSR count). The Morgan fingerprint density at radius 3 is 2.35 bits per heavy atom. The second kappa shape index (κ2) is 7.80. The third-order valence-corrected chi connectivity index (χ3v) is 4.70. The Hall–Kier alpha value is -0.860. The summed E-state index contributed by atoms with van der Waals surface area (Å²) in [6, 6.07) is 9.97. The monoisotopic (exact) mass is 274 g/mol. The summed E-state index contributed by atoms with van der Waals surface area (Å²) in [6.07, 6.45) is 3.68. The lowest BCUT2D eigenvalue weighted by Gasteiger charge is -2.30. The lowest BCUT2D eigenvalue weighted by atomic mass is 9.95. The predicted molar refractivity (Wildman–Crippen MR) is 87.2 cm³/mol. The minimum atomic E-state index is 0.584.